The molecule has 0 spiro atoms. The lowest BCUT2D eigenvalue weighted by Crippen LogP contribution is -2.25. The van der Waals surface area contributed by atoms with Crippen LogP contribution in [0.15, 0.2) is 59.7 Å². The normalized spacial score (nSPS) is 9.80. The van der Waals surface area contributed by atoms with Crippen molar-refractivity contribution in [2.75, 3.05) is 0 Å². The van der Waals surface area contributed by atoms with Crippen LogP contribution >= 0.6 is 12.4 Å². The Labute approximate surface area is 123 Å². The van der Waals surface area contributed by atoms with Gasteiger partial charge in [0.15, 0.2) is 0 Å². The minimum absolute atomic E-state index is 0. The molecule has 0 aliphatic rings. The zero-order chi connectivity index (χ0) is 13.5. The molecule has 4 N–H and O–H groups in total. The van der Waals surface area contributed by atoms with Crippen molar-refractivity contribution in [3.8, 4) is 11.5 Å². The van der Waals surface area contributed by atoms with Crippen LogP contribution in [0, 0.1) is 5.41 Å². The Hall–Kier alpha value is -2.53. The minimum atomic E-state index is -0.201. The molecular weight excluding hydrogens is 276 g/mol. The molecule has 2 rings (SSSR count). The largest absolute Gasteiger partial charge is 0.457 e. The molecule has 0 aliphatic heterocycles. The highest BCUT2D eigenvalue weighted by atomic mass is 35.5. The van der Waals surface area contributed by atoms with Crippen LogP contribution in [0.4, 0.5) is 0 Å². The lowest BCUT2D eigenvalue weighted by molar-refractivity contribution is 0.482. The molecule has 0 radical (unpaired) electrons. The van der Waals surface area contributed by atoms with Crippen molar-refractivity contribution in [3.05, 3.63) is 60.2 Å². The van der Waals surface area contributed by atoms with Crippen LogP contribution in [-0.4, -0.2) is 12.2 Å². The quantitative estimate of drug-likeness (QED) is 0.460. The highest BCUT2D eigenvalue weighted by Crippen LogP contribution is 2.21. The van der Waals surface area contributed by atoms with E-state index >= 15 is 0 Å². The number of nitrogens with one attached hydrogen (secondary N) is 2. The van der Waals surface area contributed by atoms with E-state index in [-0.39, 0.29) is 18.4 Å². The number of nitrogens with zero attached hydrogens (tertiary/aromatic N) is 1. The minimum Gasteiger partial charge on any atom is -0.457 e. The zero-order valence-electron chi connectivity index (χ0n) is 10.6. The van der Waals surface area contributed by atoms with Crippen LogP contribution in [0.25, 0.3) is 0 Å². The van der Waals surface area contributed by atoms with Gasteiger partial charge in [-0.05, 0) is 29.8 Å². The summed E-state index contributed by atoms with van der Waals surface area (Å²) in [4.78, 5) is 0. The molecule has 0 atom stereocenters. The lowest BCUT2D eigenvalue weighted by Gasteiger charge is -2.05. The molecule has 0 aromatic heterocycles. The van der Waals surface area contributed by atoms with E-state index in [9.17, 15) is 0 Å². The van der Waals surface area contributed by atoms with Gasteiger partial charge in [0.05, 0.1) is 6.21 Å². The van der Waals surface area contributed by atoms with Crippen LogP contribution in [0.5, 0.6) is 11.5 Å². The Morgan fingerprint density at radius 1 is 1.10 bits per heavy atom. The number of halogens is 1. The number of guanidine groups is 1. The molecule has 0 bridgehead atoms. The second-order valence-corrected chi connectivity index (χ2v) is 3.77. The first-order valence-electron chi connectivity index (χ1n) is 5.70. The average molecular weight is 291 g/mol. The van der Waals surface area contributed by atoms with Gasteiger partial charge in [-0.15, -0.1) is 12.4 Å². The van der Waals surface area contributed by atoms with E-state index in [1.807, 2.05) is 54.6 Å². The van der Waals surface area contributed by atoms with Crippen molar-refractivity contribution >= 4 is 24.6 Å². The van der Waals surface area contributed by atoms with Crippen molar-refractivity contribution in [1.82, 2.24) is 5.43 Å². The van der Waals surface area contributed by atoms with Crippen molar-refractivity contribution in [2.45, 2.75) is 0 Å². The smallest absolute Gasteiger partial charge is 0.206 e. The average Bonchev–Trinajstić information content (AvgIpc) is 2.40. The van der Waals surface area contributed by atoms with E-state index in [0.29, 0.717) is 0 Å². The second kappa shape index (κ2) is 7.81. The Balaban J connectivity index is 0.00000200. The molecular formula is C14H15ClN4O. The highest BCUT2D eigenvalue weighted by molar-refractivity contribution is 5.85. The maximum absolute atomic E-state index is 6.98. The Morgan fingerprint density at radius 2 is 1.80 bits per heavy atom. The van der Waals surface area contributed by atoms with E-state index < -0.39 is 0 Å². The monoisotopic (exact) mass is 290 g/mol. The molecule has 0 aliphatic carbocycles. The van der Waals surface area contributed by atoms with Gasteiger partial charge in [-0.3, -0.25) is 5.41 Å². The topological polar surface area (TPSA) is 83.5 Å². The molecule has 20 heavy (non-hydrogen) atoms. The van der Waals surface area contributed by atoms with Gasteiger partial charge >= 0.3 is 0 Å². The number of hydrogen-bond acceptors (Lipinski definition) is 3. The molecule has 0 heterocycles. The summed E-state index contributed by atoms with van der Waals surface area (Å²) in [5, 5.41) is 10.8. The number of hydrazone groups is 1. The molecule has 2 aromatic carbocycles. The van der Waals surface area contributed by atoms with E-state index in [2.05, 4.69) is 10.5 Å². The van der Waals surface area contributed by atoms with Gasteiger partial charge in [0, 0.05) is 0 Å². The van der Waals surface area contributed by atoms with Crippen molar-refractivity contribution < 1.29 is 4.74 Å². The number of hydrogen-bond donors (Lipinski definition) is 3. The summed E-state index contributed by atoms with van der Waals surface area (Å²) in [5.41, 5.74) is 8.32. The van der Waals surface area contributed by atoms with E-state index in [0.717, 1.165) is 17.1 Å². The molecule has 104 valence electrons. The summed E-state index contributed by atoms with van der Waals surface area (Å²) in [7, 11) is 0. The van der Waals surface area contributed by atoms with Crippen LogP contribution < -0.4 is 15.9 Å². The van der Waals surface area contributed by atoms with Gasteiger partial charge in [-0.25, -0.2) is 5.43 Å². The summed E-state index contributed by atoms with van der Waals surface area (Å²) in [6.07, 6.45) is 1.57. The number of rotatable bonds is 4. The zero-order valence-corrected chi connectivity index (χ0v) is 11.4. The van der Waals surface area contributed by atoms with Crippen LogP contribution in [0.2, 0.25) is 0 Å². The third kappa shape index (κ3) is 4.99. The van der Waals surface area contributed by atoms with Gasteiger partial charge in [0.2, 0.25) is 5.96 Å². The molecule has 0 unspecified atom stereocenters. The van der Waals surface area contributed by atoms with E-state index in [1.54, 1.807) is 6.21 Å². The molecule has 0 amide bonds. The van der Waals surface area contributed by atoms with Crippen molar-refractivity contribution in [1.29, 1.82) is 5.41 Å². The molecule has 2 aromatic rings. The fourth-order valence-electron chi connectivity index (χ4n) is 1.46. The van der Waals surface area contributed by atoms with Gasteiger partial charge in [0.25, 0.3) is 0 Å². The third-order valence-corrected chi connectivity index (χ3v) is 2.24. The summed E-state index contributed by atoms with van der Waals surface area (Å²) in [5.74, 6) is 1.30. The van der Waals surface area contributed by atoms with Gasteiger partial charge in [0.1, 0.15) is 11.5 Å². The van der Waals surface area contributed by atoms with Crippen LogP contribution in [0.3, 0.4) is 0 Å². The Morgan fingerprint density at radius 3 is 2.50 bits per heavy atom. The Kier molecular flexibility index (Phi) is 6.06. The molecule has 6 heteroatoms. The predicted octanol–water partition coefficient (Wildman–Crippen LogP) is 2.72. The number of benzene rings is 2. The van der Waals surface area contributed by atoms with Gasteiger partial charge < -0.3 is 10.5 Å². The Bertz CT molecular complexity index is 587. The predicted molar refractivity (Wildman–Crippen MR) is 82.8 cm³/mol. The number of nitrogens with two attached hydrogens (primary N) is 1. The molecule has 5 nitrogen and oxygen atoms in total. The maximum Gasteiger partial charge on any atom is 0.206 e. The van der Waals surface area contributed by atoms with Crippen molar-refractivity contribution in [3.63, 3.8) is 0 Å². The second-order valence-electron chi connectivity index (χ2n) is 3.77. The summed E-state index contributed by atoms with van der Waals surface area (Å²) < 4.78 is 5.70. The first-order valence-corrected chi connectivity index (χ1v) is 5.70. The lowest BCUT2D eigenvalue weighted by atomic mass is 10.2. The van der Waals surface area contributed by atoms with Crippen LogP contribution in [0.1, 0.15) is 5.56 Å². The summed E-state index contributed by atoms with van der Waals surface area (Å²) in [6, 6.07) is 17.0. The number of para-hydroxylation sites is 1. The first kappa shape index (κ1) is 15.5. The van der Waals surface area contributed by atoms with Crippen molar-refractivity contribution in [2.24, 2.45) is 10.8 Å². The molecule has 0 fully saturated rings. The van der Waals surface area contributed by atoms with Gasteiger partial charge in [-0.1, -0.05) is 30.3 Å². The maximum atomic E-state index is 6.98. The van der Waals surface area contributed by atoms with E-state index in [1.165, 1.54) is 0 Å². The highest BCUT2D eigenvalue weighted by Gasteiger charge is 1.97. The van der Waals surface area contributed by atoms with Gasteiger partial charge in [-0.2, -0.15) is 5.10 Å². The third-order valence-electron chi connectivity index (χ3n) is 2.24. The molecule has 0 saturated heterocycles. The van der Waals surface area contributed by atoms with E-state index in [4.69, 9.17) is 15.9 Å². The van der Waals surface area contributed by atoms with Crippen LogP contribution in [-0.2, 0) is 0 Å². The summed E-state index contributed by atoms with van der Waals surface area (Å²) in [6.45, 7) is 0. The fourth-order valence-corrected chi connectivity index (χ4v) is 1.46. The number of ether oxygens (including phenoxy) is 1. The molecule has 0 saturated carbocycles. The first-order chi connectivity index (χ1) is 9.24. The SMILES string of the molecule is Cl.N=C(N)N/N=C/c1cccc(Oc2ccccc2)c1. The standard InChI is InChI=1S/C14H14N4O.ClH/c15-14(16)18-17-10-11-5-4-8-13(9-11)19-12-6-2-1-3-7-12;/h1-10H,(H4,15,16,18);1H/b17-10+;. The summed E-state index contributed by atoms with van der Waals surface area (Å²) >= 11 is 0. The fraction of sp³-hybridized carbons (Fsp3) is 0.